The predicted molar refractivity (Wildman–Crippen MR) is 117 cm³/mol. The first kappa shape index (κ1) is 20.4. The predicted octanol–water partition coefficient (Wildman–Crippen LogP) is 3.76. The van der Waals surface area contributed by atoms with Crippen LogP contribution in [0.15, 0.2) is 52.9 Å². The lowest BCUT2D eigenvalue weighted by Gasteiger charge is -2.34. The number of ether oxygens (including phenoxy) is 1. The van der Waals surface area contributed by atoms with Crippen LogP contribution in [0.25, 0.3) is 11.1 Å². The number of hydrogen-bond donors (Lipinski definition) is 1. The number of likely N-dealkylation sites (tertiary alicyclic amines) is 1. The van der Waals surface area contributed by atoms with Gasteiger partial charge in [0.2, 0.25) is 5.91 Å². The summed E-state index contributed by atoms with van der Waals surface area (Å²) < 4.78 is 11.2. The summed E-state index contributed by atoms with van der Waals surface area (Å²) in [6, 6.07) is 15.6. The average molecular weight is 408 g/mol. The van der Waals surface area contributed by atoms with Crippen molar-refractivity contribution in [3.63, 3.8) is 0 Å². The Hall–Kier alpha value is -2.86. The Kier molecular flexibility index (Phi) is 6.33. The number of nitrogens with zero attached hydrogens (tertiary/aromatic N) is 2. The van der Waals surface area contributed by atoms with Crippen molar-refractivity contribution in [1.82, 2.24) is 15.2 Å². The van der Waals surface area contributed by atoms with Gasteiger partial charge in [-0.15, -0.1) is 0 Å². The molecule has 2 unspecified atom stereocenters. The molecule has 0 radical (unpaired) electrons. The molecule has 1 saturated heterocycles. The first-order valence-electron chi connectivity index (χ1n) is 10.6. The summed E-state index contributed by atoms with van der Waals surface area (Å²) in [5, 5.41) is 3.08. The number of hydrogen-bond acceptors (Lipinski definition) is 5. The second kappa shape index (κ2) is 9.30. The van der Waals surface area contributed by atoms with Crippen molar-refractivity contribution >= 4 is 17.0 Å². The topological polar surface area (TPSA) is 67.6 Å². The quantitative estimate of drug-likeness (QED) is 0.646. The van der Waals surface area contributed by atoms with Gasteiger partial charge < -0.3 is 14.5 Å². The van der Waals surface area contributed by atoms with Gasteiger partial charge in [-0.1, -0.05) is 24.3 Å². The van der Waals surface area contributed by atoms with Gasteiger partial charge in [-0.25, -0.2) is 4.98 Å². The lowest BCUT2D eigenvalue weighted by molar-refractivity contribution is -0.126. The molecule has 2 aromatic carbocycles. The van der Waals surface area contributed by atoms with Gasteiger partial charge in [-0.3, -0.25) is 9.69 Å². The van der Waals surface area contributed by atoms with E-state index in [9.17, 15) is 4.79 Å². The first-order valence-corrected chi connectivity index (χ1v) is 10.6. The van der Waals surface area contributed by atoms with Crippen LogP contribution in [-0.2, 0) is 11.2 Å². The van der Waals surface area contributed by atoms with E-state index in [4.69, 9.17) is 9.15 Å². The molecular weight excluding hydrogens is 378 g/mol. The van der Waals surface area contributed by atoms with Gasteiger partial charge in [0.15, 0.2) is 11.5 Å². The third kappa shape index (κ3) is 4.65. The van der Waals surface area contributed by atoms with Crippen molar-refractivity contribution in [2.24, 2.45) is 0 Å². The van der Waals surface area contributed by atoms with Crippen molar-refractivity contribution in [2.45, 2.75) is 38.1 Å². The molecule has 0 aliphatic carbocycles. The van der Waals surface area contributed by atoms with Gasteiger partial charge >= 0.3 is 0 Å². The molecule has 1 aromatic heterocycles. The lowest BCUT2D eigenvalue weighted by Crippen LogP contribution is -2.49. The molecule has 1 amide bonds. The Morgan fingerprint density at radius 3 is 2.83 bits per heavy atom. The molecular formula is C24H29N3O3. The molecule has 6 heteroatoms. The molecule has 1 N–H and O–H groups in total. The standard InChI is InChI=1S/C24H29N3O3/c1-17(23(28)25-14-13-18-9-11-20(29-2)12-10-18)27-15-5-6-19(16-27)24-26-21-7-3-4-8-22(21)30-24/h3-4,7-12,17,19H,5-6,13-16H2,1-2H3,(H,25,28). The largest absolute Gasteiger partial charge is 0.497 e. The maximum absolute atomic E-state index is 12.7. The fourth-order valence-corrected chi connectivity index (χ4v) is 4.06. The van der Waals surface area contributed by atoms with Crippen molar-refractivity contribution < 1.29 is 13.9 Å². The Morgan fingerprint density at radius 2 is 2.07 bits per heavy atom. The van der Waals surface area contributed by atoms with E-state index < -0.39 is 0 Å². The van der Waals surface area contributed by atoms with E-state index in [-0.39, 0.29) is 17.9 Å². The highest BCUT2D eigenvalue weighted by Crippen LogP contribution is 2.29. The summed E-state index contributed by atoms with van der Waals surface area (Å²) in [7, 11) is 1.66. The Balaban J connectivity index is 1.30. The van der Waals surface area contributed by atoms with Crippen LogP contribution in [0.1, 0.15) is 37.1 Å². The van der Waals surface area contributed by atoms with Crippen LogP contribution in [0.3, 0.4) is 0 Å². The Morgan fingerprint density at radius 1 is 1.27 bits per heavy atom. The summed E-state index contributed by atoms with van der Waals surface area (Å²) in [5.74, 6) is 1.92. The van der Waals surface area contributed by atoms with Crippen LogP contribution in [-0.4, -0.2) is 48.6 Å². The van der Waals surface area contributed by atoms with Gasteiger partial charge in [-0.2, -0.15) is 0 Å². The maximum Gasteiger partial charge on any atom is 0.237 e. The molecule has 1 fully saturated rings. The molecule has 6 nitrogen and oxygen atoms in total. The number of piperidine rings is 1. The Labute approximate surface area is 177 Å². The number of methoxy groups -OCH3 is 1. The van der Waals surface area contributed by atoms with Crippen molar-refractivity contribution in [1.29, 1.82) is 0 Å². The summed E-state index contributed by atoms with van der Waals surface area (Å²) >= 11 is 0. The van der Waals surface area contributed by atoms with E-state index in [1.54, 1.807) is 7.11 Å². The molecule has 3 aromatic rings. The fourth-order valence-electron chi connectivity index (χ4n) is 4.06. The Bertz CT molecular complexity index is 950. The number of rotatable bonds is 7. The average Bonchev–Trinajstić information content (AvgIpc) is 3.23. The van der Waals surface area contributed by atoms with Crippen molar-refractivity contribution in [2.75, 3.05) is 26.7 Å². The van der Waals surface area contributed by atoms with Gasteiger partial charge in [0, 0.05) is 19.0 Å². The van der Waals surface area contributed by atoms with Gasteiger partial charge in [-0.05, 0) is 62.6 Å². The molecule has 158 valence electrons. The zero-order chi connectivity index (χ0) is 20.9. The van der Waals surface area contributed by atoms with E-state index in [2.05, 4.69) is 15.2 Å². The summed E-state index contributed by atoms with van der Waals surface area (Å²) in [6.45, 7) is 4.32. The van der Waals surface area contributed by atoms with Crippen molar-refractivity contribution in [3.05, 3.63) is 60.0 Å². The third-order valence-electron chi connectivity index (χ3n) is 5.91. The van der Waals surface area contributed by atoms with Gasteiger partial charge in [0.05, 0.1) is 13.2 Å². The SMILES string of the molecule is COc1ccc(CCNC(=O)C(C)N2CCCC(c3nc4ccccc4o3)C2)cc1. The maximum atomic E-state index is 12.7. The second-order valence-electron chi connectivity index (χ2n) is 7.92. The van der Waals surface area contributed by atoms with Gasteiger partial charge in [0.25, 0.3) is 0 Å². The summed E-state index contributed by atoms with van der Waals surface area (Å²) in [6.07, 6.45) is 2.87. The van der Waals surface area contributed by atoms with Crippen LogP contribution in [0.5, 0.6) is 5.75 Å². The molecule has 1 aliphatic heterocycles. The monoisotopic (exact) mass is 407 g/mol. The van der Waals surface area contributed by atoms with Crippen LogP contribution in [0, 0.1) is 0 Å². The number of fused-ring (bicyclic) bond motifs is 1. The number of carbonyl (C=O) groups excluding carboxylic acids is 1. The summed E-state index contributed by atoms with van der Waals surface area (Å²) in [4.78, 5) is 19.6. The number of carbonyl (C=O) groups is 1. The van der Waals surface area contributed by atoms with E-state index >= 15 is 0 Å². The molecule has 4 rings (SSSR count). The first-order chi connectivity index (χ1) is 14.6. The highest BCUT2D eigenvalue weighted by molar-refractivity contribution is 5.81. The molecule has 30 heavy (non-hydrogen) atoms. The molecule has 2 atom stereocenters. The smallest absolute Gasteiger partial charge is 0.237 e. The minimum absolute atomic E-state index is 0.0710. The van der Waals surface area contributed by atoms with E-state index in [1.807, 2.05) is 55.5 Å². The van der Waals surface area contributed by atoms with E-state index in [1.165, 1.54) is 5.56 Å². The van der Waals surface area contributed by atoms with Crippen LogP contribution < -0.4 is 10.1 Å². The van der Waals surface area contributed by atoms with Crippen LogP contribution in [0.4, 0.5) is 0 Å². The van der Waals surface area contributed by atoms with E-state index in [0.29, 0.717) is 6.54 Å². The number of nitrogens with one attached hydrogen (secondary N) is 1. The molecule has 0 saturated carbocycles. The number of para-hydroxylation sites is 2. The van der Waals surface area contributed by atoms with Crippen LogP contribution >= 0.6 is 0 Å². The normalized spacial score (nSPS) is 18.3. The summed E-state index contributed by atoms with van der Waals surface area (Å²) in [5.41, 5.74) is 2.90. The minimum Gasteiger partial charge on any atom is -0.497 e. The lowest BCUT2D eigenvalue weighted by atomic mass is 9.96. The minimum atomic E-state index is -0.173. The number of amides is 1. The van der Waals surface area contributed by atoms with Gasteiger partial charge in [0.1, 0.15) is 11.3 Å². The number of aromatic nitrogens is 1. The molecule has 2 heterocycles. The van der Waals surface area contributed by atoms with Crippen molar-refractivity contribution in [3.8, 4) is 5.75 Å². The molecule has 0 bridgehead atoms. The second-order valence-corrected chi connectivity index (χ2v) is 7.92. The fraction of sp³-hybridized carbons (Fsp3) is 0.417. The zero-order valence-corrected chi connectivity index (χ0v) is 17.6. The highest BCUT2D eigenvalue weighted by Gasteiger charge is 2.30. The molecule has 0 spiro atoms. The highest BCUT2D eigenvalue weighted by atomic mass is 16.5. The number of benzene rings is 2. The zero-order valence-electron chi connectivity index (χ0n) is 17.6. The molecule has 1 aliphatic rings. The van der Waals surface area contributed by atoms with E-state index in [0.717, 1.165) is 55.1 Å². The van der Waals surface area contributed by atoms with Crippen LogP contribution in [0.2, 0.25) is 0 Å². The number of oxazole rings is 1. The third-order valence-corrected chi connectivity index (χ3v) is 5.91.